The van der Waals surface area contributed by atoms with Crippen molar-refractivity contribution in [3.05, 3.63) is 363 Å². The molecule has 0 atom stereocenters. The Hall–Kier alpha value is -13.6. The fourth-order valence-electron chi connectivity index (χ4n) is 13.8. The molecule has 8 heterocycles. The van der Waals surface area contributed by atoms with Gasteiger partial charge in [-0.15, -0.1) is 0 Å². The molecule has 12 aromatic carbocycles. The molecule has 122 heavy (non-hydrogen) atoms. The molecule has 0 aliphatic rings. The Morgan fingerprint density at radius 3 is 0.910 bits per heavy atom. The molecule has 22 heteroatoms. The van der Waals surface area contributed by atoms with Crippen LogP contribution in [0.4, 0.5) is 0 Å². The lowest BCUT2D eigenvalue weighted by atomic mass is 9.86. The highest BCUT2D eigenvalue weighted by molar-refractivity contribution is 9.11. The topological polar surface area (TPSA) is 227 Å². The van der Waals surface area contributed by atoms with Crippen molar-refractivity contribution in [3.63, 3.8) is 0 Å². The minimum atomic E-state index is 0.0974. The average Bonchev–Trinajstić information content (AvgIpc) is 1.59. The van der Waals surface area contributed by atoms with Gasteiger partial charge >= 0.3 is 0 Å². The van der Waals surface area contributed by atoms with Crippen LogP contribution < -0.4 is 0 Å². The van der Waals surface area contributed by atoms with Crippen molar-refractivity contribution < 1.29 is 0 Å². The molecule has 18 nitrogen and oxygen atoms in total. The van der Waals surface area contributed by atoms with Gasteiger partial charge in [0.25, 0.3) is 0 Å². The highest BCUT2D eigenvalue weighted by Crippen LogP contribution is 2.38. The van der Waals surface area contributed by atoms with Crippen LogP contribution >= 0.6 is 63.7 Å². The van der Waals surface area contributed by atoms with Crippen LogP contribution in [0.15, 0.2) is 352 Å². The molecule has 0 aliphatic carbocycles. The maximum absolute atomic E-state index is 4.93. The summed E-state index contributed by atoms with van der Waals surface area (Å²) >= 11 is 14.0. The Morgan fingerprint density at radius 1 is 0.254 bits per heavy atom. The number of halogens is 4. The van der Waals surface area contributed by atoms with Gasteiger partial charge in [-0.05, 0) is 94.8 Å². The van der Waals surface area contributed by atoms with Crippen LogP contribution in [0, 0.1) is 0 Å². The SMILES string of the molecule is Brc1ccc(-c2nc(-c3ccccc3)nc(-c3cccc4c3[nH]c3ccccc34)n2)cc1.Brc1ccc(-c2nc(-c3ccccc3)nc(-n3c4ccccc4c4ccccc43)n2)cc1.Brc1ccc(-c2nc(-c3cnccn3)nc(-c3cnccn3)n2)cc1.CC(C)(C)c1ccc(-c2nc(-c3ccc(Br)cc3)nc(-c3ccc(C(C)(C)C)cc3)n2)cc1. The Bertz CT molecular complexity index is 6890. The van der Waals surface area contributed by atoms with Crippen LogP contribution in [-0.2, 0) is 10.8 Å². The maximum Gasteiger partial charge on any atom is 0.238 e. The summed E-state index contributed by atoms with van der Waals surface area (Å²) in [6, 6.07) is 100. The van der Waals surface area contributed by atoms with Gasteiger partial charge in [0.1, 0.15) is 11.4 Å². The summed E-state index contributed by atoms with van der Waals surface area (Å²) in [5.74, 6) is 7.27. The van der Waals surface area contributed by atoms with E-state index in [1.165, 1.54) is 27.3 Å². The fraction of sp³-hybridized carbons (Fsp3) is 0.0800. The Labute approximate surface area is 738 Å². The fourth-order valence-corrected chi connectivity index (χ4v) is 14.9. The van der Waals surface area contributed by atoms with E-state index in [1.54, 1.807) is 37.2 Å². The van der Waals surface area contributed by atoms with E-state index in [0.717, 1.165) is 95.4 Å². The summed E-state index contributed by atoms with van der Waals surface area (Å²) in [6.07, 6.45) is 9.62. The standard InChI is InChI=1S/C29H30BrN3.2C27H17BrN4.C17H10BrN7/c1-28(2,3)22-13-7-19(8-14-22)25-31-26(20-9-15-23(16-10-20)29(4,5)6)33-27(32-25)21-11-17-24(30)18-12-21;28-20-16-14-19(15-17-20)26-29-25(18-8-2-1-3-9-18)30-27(31-26)32-23-12-6-4-10-21(23)22-11-5-7-13-24(22)32;28-19-15-13-18(14-16-19)26-30-25(17-7-2-1-3-8-17)31-27(32-26)22-11-6-10-21-20-9-4-5-12-23(20)29-24(21)22;18-12-3-1-11(2-4-12)15-23-16(13-9-19-5-7-21-13)25-17(24-15)14-10-20-6-8-22-14/h7-18H,1-6H3;1-17H;1-16,29H;1-10H. The number of hydrogen-bond acceptors (Lipinski definition) is 16. The molecule has 8 aromatic heterocycles. The predicted molar refractivity (Wildman–Crippen MR) is 502 cm³/mol. The van der Waals surface area contributed by atoms with Crippen molar-refractivity contribution in [3.8, 4) is 131 Å². The molecule has 0 saturated carbocycles. The van der Waals surface area contributed by atoms with E-state index in [0.29, 0.717) is 81.4 Å². The van der Waals surface area contributed by atoms with Crippen LogP contribution in [0.1, 0.15) is 52.7 Å². The Balaban J connectivity index is 0.000000116. The lowest BCUT2D eigenvalue weighted by Crippen LogP contribution is -2.10. The van der Waals surface area contributed by atoms with Crippen LogP contribution in [0.5, 0.6) is 0 Å². The van der Waals surface area contributed by atoms with E-state index >= 15 is 0 Å². The lowest BCUT2D eigenvalue weighted by Gasteiger charge is -2.19. The van der Waals surface area contributed by atoms with Gasteiger partial charge in [-0.2, -0.15) is 9.97 Å². The minimum absolute atomic E-state index is 0.0974. The van der Waals surface area contributed by atoms with Gasteiger partial charge in [0.15, 0.2) is 64.1 Å². The van der Waals surface area contributed by atoms with Crippen LogP contribution in [0.3, 0.4) is 0 Å². The number of hydrogen-bond donors (Lipinski definition) is 1. The molecule has 20 aromatic rings. The highest BCUT2D eigenvalue weighted by Gasteiger charge is 2.23. The van der Waals surface area contributed by atoms with Gasteiger partial charge in [-0.25, -0.2) is 59.8 Å². The summed E-state index contributed by atoms with van der Waals surface area (Å²) in [5, 5.41) is 4.70. The largest absolute Gasteiger partial charge is 0.354 e. The number of aromatic amines is 1. The van der Waals surface area contributed by atoms with Gasteiger partial charge in [0, 0.05) is 120 Å². The molecule has 0 spiro atoms. The van der Waals surface area contributed by atoms with Crippen molar-refractivity contribution in [1.29, 1.82) is 0 Å². The smallest absolute Gasteiger partial charge is 0.238 e. The molecule has 1 N–H and O–H groups in total. The number of para-hydroxylation sites is 4. The van der Waals surface area contributed by atoms with Gasteiger partial charge in [-0.3, -0.25) is 14.5 Å². The van der Waals surface area contributed by atoms with E-state index in [4.69, 9.17) is 44.9 Å². The van der Waals surface area contributed by atoms with Crippen molar-refractivity contribution in [2.45, 2.75) is 52.4 Å². The van der Waals surface area contributed by atoms with E-state index in [-0.39, 0.29) is 10.8 Å². The lowest BCUT2D eigenvalue weighted by molar-refractivity contribution is 0.590. The third-order valence-electron chi connectivity index (χ3n) is 20.2. The average molecular weight is 1850 g/mol. The number of fused-ring (bicyclic) bond motifs is 6. The van der Waals surface area contributed by atoms with Gasteiger partial charge in [0.05, 0.1) is 28.9 Å². The van der Waals surface area contributed by atoms with E-state index in [9.17, 15) is 0 Å². The molecule has 0 unspecified atom stereocenters. The van der Waals surface area contributed by atoms with Crippen molar-refractivity contribution in [1.82, 2.24) is 89.3 Å². The first-order valence-electron chi connectivity index (χ1n) is 39.3. The maximum atomic E-state index is 4.93. The zero-order valence-corrected chi connectivity index (χ0v) is 73.2. The first-order chi connectivity index (χ1) is 59.3. The number of benzene rings is 12. The molecule has 0 radical (unpaired) electrons. The Morgan fingerprint density at radius 2 is 0.549 bits per heavy atom. The quantitative estimate of drug-likeness (QED) is 0.120. The second-order valence-corrected chi connectivity index (χ2v) is 34.2. The van der Waals surface area contributed by atoms with Crippen LogP contribution in [-0.4, -0.2) is 89.3 Å². The molecule has 0 saturated heterocycles. The number of rotatable bonds is 12. The second-order valence-electron chi connectivity index (χ2n) is 30.6. The second kappa shape index (κ2) is 35.7. The monoisotopic (exact) mass is 1840 g/mol. The molecular weight excluding hydrogens is 1770 g/mol. The van der Waals surface area contributed by atoms with Crippen LogP contribution in [0.2, 0.25) is 0 Å². The van der Waals surface area contributed by atoms with Gasteiger partial charge < -0.3 is 4.98 Å². The number of H-pyrrole nitrogens is 1. The van der Waals surface area contributed by atoms with Crippen LogP contribution in [0.25, 0.3) is 175 Å². The van der Waals surface area contributed by atoms with Crippen molar-refractivity contribution in [2.24, 2.45) is 0 Å². The van der Waals surface area contributed by atoms with E-state index in [2.05, 4.69) is 271 Å². The summed E-state index contributed by atoms with van der Waals surface area (Å²) in [4.78, 5) is 77.6. The Kier molecular flexibility index (Phi) is 23.7. The molecule has 0 amide bonds. The summed E-state index contributed by atoms with van der Waals surface area (Å²) in [5.41, 5.74) is 16.7. The number of aromatic nitrogens is 18. The van der Waals surface area contributed by atoms with Gasteiger partial charge in [0.2, 0.25) is 5.95 Å². The number of nitrogens with zero attached hydrogens (tertiary/aromatic N) is 17. The van der Waals surface area contributed by atoms with Crippen molar-refractivity contribution >= 4 is 107 Å². The molecule has 20 rings (SSSR count). The highest BCUT2D eigenvalue weighted by atomic mass is 79.9. The summed E-state index contributed by atoms with van der Waals surface area (Å²) in [6.45, 7) is 13.3. The van der Waals surface area contributed by atoms with E-state index < -0.39 is 0 Å². The first kappa shape index (κ1) is 80.8. The normalized spacial score (nSPS) is 11.4. The molecule has 0 bridgehead atoms. The molecule has 0 aliphatic heterocycles. The predicted octanol–water partition coefficient (Wildman–Crippen LogP) is 25.8. The third-order valence-corrected chi connectivity index (χ3v) is 22.3. The molecular formula is C100H74Br4N18. The third kappa shape index (κ3) is 18.4. The molecule has 592 valence electrons. The van der Waals surface area contributed by atoms with E-state index in [1.807, 2.05) is 176 Å². The summed E-state index contributed by atoms with van der Waals surface area (Å²) < 4.78 is 6.16. The zero-order chi connectivity index (χ0) is 83.9. The summed E-state index contributed by atoms with van der Waals surface area (Å²) in [7, 11) is 0. The van der Waals surface area contributed by atoms with Crippen molar-refractivity contribution in [2.75, 3.05) is 0 Å². The van der Waals surface area contributed by atoms with Gasteiger partial charge in [-0.1, -0.05) is 330 Å². The zero-order valence-electron chi connectivity index (χ0n) is 66.9. The minimum Gasteiger partial charge on any atom is -0.354 e. The first-order valence-corrected chi connectivity index (χ1v) is 42.4. The number of nitrogens with one attached hydrogen (secondary N) is 1. The molecule has 0 fully saturated rings.